The van der Waals surface area contributed by atoms with Crippen molar-refractivity contribution in [2.24, 2.45) is 0 Å². The summed E-state index contributed by atoms with van der Waals surface area (Å²) in [5.74, 6) is 0.427. The van der Waals surface area contributed by atoms with Crippen LogP contribution in [0.5, 0.6) is 0 Å². The monoisotopic (exact) mass is 238 g/mol. The van der Waals surface area contributed by atoms with E-state index in [0.717, 1.165) is 5.56 Å². The van der Waals surface area contributed by atoms with Crippen LogP contribution in [0.4, 0.5) is 10.6 Å². The maximum atomic E-state index is 11.5. The fourth-order valence-electron chi connectivity index (χ4n) is 1.27. The molecule has 1 amide bonds. The molecule has 0 aromatic carbocycles. The van der Waals surface area contributed by atoms with E-state index >= 15 is 0 Å². The normalized spacial score (nSPS) is 11.1. The van der Waals surface area contributed by atoms with Crippen molar-refractivity contribution in [1.29, 1.82) is 0 Å². The van der Waals surface area contributed by atoms with Crippen molar-refractivity contribution in [3.05, 3.63) is 23.9 Å². The first kappa shape index (κ1) is 13.4. The Balaban J connectivity index is 2.71. The van der Waals surface area contributed by atoms with Crippen molar-refractivity contribution in [2.75, 3.05) is 11.9 Å². The molecule has 0 aliphatic heterocycles. The van der Waals surface area contributed by atoms with Crippen LogP contribution in [0, 0.1) is 0 Å². The lowest BCUT2D eigenvalue weighted by Crippen LogP contribution is -2.27. The molecular formula is C12H18N2O3. The molecule has 0 unspecified atom stereocenters. The lowest BCUT2D eigenvalue weighted by atomic mass is 10.2. The van der Waals surface area contributed by atoms with Crippen molar-refractivity contribution in [1.82, 2.24) is 4.98 Å². The van der Waals surface area contributed by atoms with Crippen LogP contribution in [0.2, 0.25) is 0 Å². The molecule has 1 aromatic rings. The van der Waals surface area contributed by atoms with Gasteiger partial charge >= 0.3 is 6.09 Å². The van der Waals surface area contributed by atoms with Crippen LogP contribution >= 0.6 is 0 Å². The number of hydrogen-bond acceptors (Lipinski definition) is 4. The number of aliphatic hydroxyl groups excluding tert-OH is 1. The van der Waals surface area contributed by atoms with Crippen LogP contribution in [0.15, 0.2) is 18.3 Å². The maximum Gasteiger partial charge on any atom is 0.413 e. The first-order chi connectivity index (χ1) is 7.92. The molecule has 2 N–H and O–H groups in total. The van der Waals surface area contributed by atoms with Crippen LogP contribution < -0.4 is 5.32 Å². The Labute approximate surface area is 101 Å². The smallest absolute Gasteiger partial charge is 0.413 e. The van der Waals surface area contributed by atoms with E-state index in [-0.39, 0.29) is 6.61 Å². The van der Waals surface area contributed by atoms with E-state index in [4.69, 9.17) is 9.84 Å². The highest BCUT2D eigenvalue weighted by molar-refractivity contribution is 5.84. The Kier molecular flexibility index (Phi) is 4.45. The van der Waals surface area contributed by atoms with E-state index in [2.05, 4.69) is 10.3 Å². The van der Waals surface area contributed by atoms with Gasteiger partial charge in [-0.1, -0.05) is 6.07 Å². The van der Waals surface area contributed by atoms with Crippen LogP contribution in [0.1, 0.15) is 26.3 Å². The van der Waals surface area contributed by atoms with Crippen molar-refractivity contribution < 1.29 is 14.6 Å². The number of anilines is 1. The van der Waals surface area contributed by atoms with Crippen LogP contribution in [0.3, 0.4) is 0 Å². The summed E-state index contributed by atoms with van der Waals surface area (Å²) in [7, 11) is 0. The topological polar surface area (TPSA) is 71.5 Å². The van der Waals surface area contributed by atoms with Crippen molar-refractivity contribution in [3.8, 4) is 0 Å². The zero-order valence-corrected chi connectivity index (χ0v) is 10.4. The highest BCUT2D eigenvalue weighted by Gasteiger charge is 2.17. The third-order valence-corrected chi connectivity index (χ3v) is 1.89. The molecule has 1 rings (SSSR count). The molecule has 17 heavy (non-hydrogen) atoms. The fraction of sp³-hybridized carbons (Fsp3) is 0.500. The molecular weight excluding hydrogens is 220 g/mol. The number of ether oxygens (including phenoxy) is 1. The lowest BCUT2D eigenvalue weighted by molar-refractivity contribution is 0.0635. The number of rotatable bonds is 3. The van der Waals surface area contributed by atoms with Crippen molar-refractivity contribution in [2.45, 2.75) is 32.8 Å². The third kappa shape index (κ3) is 4.82. The molecule has 0 radical (unpaired) electrons. The van der Waals surface area contributed by atoms with Gasteiger partial charge in [0.2, 0.25) is 0 Å². The standard InChI is InChI=1S/C12H18N2O3/c1-12(2,3)17-11(16)14-10-9(6-8-15)5-4-7-13-10/h4-5,7,15H,6,8H2,1-3H3,(H,13,14,16). The first-order valence-corrected chi connectivity index (χ1v) is 5.47. The van der Waals surface area contributed by atoms with Gasteiger partial charge in [0, 0.05) is 12.8 Å². The number of nitrogens with one attached hydrogen (secondary N) is 1. The molecule has 0 spiro atoms. The first-order valence-electron chi connectivity index (χ1n) is 5.47. The molecule has 5 nitrogen and oxygen atoms in total. The second-order valence-corrected chi connectivity index (χ2v) is 4.61. The number of amides is 1. The summed E-state index contributed by atoms with van der Waals surface area (Å²) in [6.45, 7) is 5.38. The summed E-state index contributed by atoms with van der Waals surface area (Å²) in [5.41, 5.74) is 0.233. The Bertz CT molecular complexity index is 386. The van der Waals surface area contributed by atoms with E-state index in [1.807, 2.05) is 0 Å². The Hall–Kier alpha value is -1.62. The summed E-state index contributed by atoms with van der Waals surface area (Å²) >= 11 is 0. The van der Waals surface area contributed by atoms with Gasteiger partial charge in [-0.2, -0.15) is 0 Å². The minimum Gasteiger partial charge on any atom is -0.444 e. The van der Waals surface area contributed by atoms with E-state index in [1.54, 1.807) is 39.1 Å². The van der Waals surface area contributed by atoms with Gasteiger partial charge in [0.05, 0.1) is 0 Å². The molecule has 0 bridgehead atoms. The van der Waals surface area contributed by atoms with Gasteiger partial charge < -0.3 is 9.84 Å². The minimum absolute atomic E-state index is 0.00862. The summed E-state index contributed by atoms with van der Waals surface area (Å²) < 4.78 is 5.12. The van der Waals surface area contributed by atoms with Gasteiger partial charge in [-0.25, -0.2) is 9.78 Å². The largest absolute Gasteiger partial charge is 0.444 e. The van der Waals surface area contributed by atoms with E-state index in [9.17, 15) is 4.79 Å². The Morgan fingerprint density at radius 2 is 2.24 bits per heavy atom. The number of pyridine rings is 1. The second kappa shape index (κ2) is 5.63. The molecule has 0 saturated carbocycles. The molecule has 5 heteroatoms. The molecule has 0 aliphatic carbocycles. The van der Waals surface area contributed by atoms with Crippen molar-refractivity contribution in [3.63, 3.8) is 0 Å². The van der Waals surface area contributed by atoms with Gasteiger partial charge in [-0.05, 0) is 38.8 Å². The Morgan fingerprint density at radius 1 is 1.53 bits per heavy atom. The zero-order valence-electron chi connectivity index (χ0n) is 10.4. The Morgan fingerprint density at radius 3 is 2.82 bits per heavy atom. The number of nitrogens with zero attached hydrogens (tertiary/aromatic N) is 1. The quantitative estimate of drug-likeness (QED) is 0.844. The number of carbonyl (C=O) groups excluding carboxylic acids is 1. The average Bonchev–Trinajstić information content (AvgIpc) is 2.18. The average molecular weight is 238 g/mol. The van der Waals surface area contributed by atoms with Gasteiger partial charge in [0.15, 0.2) is 0 Å². The van der Waals surface area contributed by atoms with Gasteiger partial charge in [-0.3, -0.25) is 5.32 Å². The summed E-state index contributed by atoms with van der Waals surface area (Å²) in [5, 5.41) is 11.5. The molecule has 0 saturated heterocycles. The number of aliphatic hydroxyl groups is 1. The second-order valence-electron chi connectivity index (χ2n) is 4.61. The molecule has 1 heterocycles. The van der Waals surface area contributed by atoms with E-state index in [0.29, 0.717) is 12.2 Å². The minimum atomic E-state index is -0.546. The van der Waals surface area contributed by atoms with Crippen LogP contribution in [-0.2, 0) is 11.2 Å². The number of hydrogen-bond donors (Lipinski definition) is 2. The van der Waals surface area contributed by atoms with Crippen molar-refractivity contribution >= 4 is 11.9 Å². The maximum absolute atomic E-state index is 11.5. The van der Waals surface area contributed by atoms with Gasteiger partial charge in [0.1, 0.15) is 11.4 Å². The van der Waals surface area contributed by atoms with E-state index < -0.39 is 11.7 Å². The number of aromatic nitrogens is 1. The fourth-order valence-corrected chi connectivity index (χ4v) is 1.27. The highest BCUT2D eigenvalue weighted by atomic mass is 16.6. The molecule has 1 aromatic heterocycles. The lowest BCUT2D eigenvalue weighted by Gasteiger charge is -2.20. The third-order valence-electron chi connectivity index (χ3n) is 1.89. The predicted octanol–water partition coefficient (Wildman–Crippen LogP) is 1.96. The van der Waals surface area contributed by atoms with E-state index in [1.165, 1.54) is 0 Å². The zero-order chi connectivity index (χ0) is 12.9. The summed E-state index contributed by atoms with van der Waals surface area (Å²) in [4.78, 5) is 15.6. The molecule has 0 aliphatic rings. The SMILES string of the molecule is CC(C)(C)OC(=O)Nc1ncccc1CCO. The van der Waals surface area contributed by atoms with Crippen LogP contribution in [0.25, 0.3) is 0 Å². The number of carbonyl (C=O) groups is 1. The highest BCUT2D eigenvalue weighted by Crippen LogP contribution is 2.14. The molecule has 94 valence electrons. The summed E-state index contributed by atoms with van der Waals surface area (Å²) in [6, 6.07) is 3.56. The predicted molar refractivity (Wildman–Crippen MR) is 64.9 cm³/mol. The summed E-state index contributed by atoms with van der Waals surface area (Å²) in [6.07, 6.45) is 1.47. The molecule has 0 atom stereocenters. The van der Waals surface area contributed by atoms with Crippen LogP contribution in [-0.4, -0.2) is 28.4 Å². The van der Waals surface area contributed by atoms with Gasteiger partial charge in [0.25, 0.3) is 0 Å². The van der Waals surface area contributed by atoms with Gasteiger partial charge in [-0.15, -0.1) is 0 Å². The molecule has 0 fully saturated rings.